The summed E-state index contributed by atoms with van der Waals surface area (Å²) in [4.78, 5) is 35.5. The predicted octanol–water partition coefficient (Wildman–Crippen LogP) is 4.69. The van der Waals surface area contributed by atoms with E-state index in [4.69, 9.17) is 14.2 Å². The van der Waals surface area contributed by atoms with Gasteiger partial charge in [0.05, 0.1) is 0 Å². The second-order valence-electron chi connectivity index (χ2n) is 8.17. The molecule has 0 aromatic carbocycles. The van der Waals surface area contributed by atoms with Crippen LogP contribution in [0.15, 0.2) is 12.2 Å². The van der Waals surface area contributed by atoms with E-state index in [1.54, 1.807) is 26.4 Å². The van der Waals surface area contributed by atoms with Crippen LogP contribution in [0.4, 0.5) is 0 Å². The minimum absolute atomic E-state index is 0.108. The highest BCUT2D eigenvalue weighted by Crippen LogP contribution is 2.31. The summed E-state index contributed by atoms with van der Waals surface area (Å²) in [6.45, 7) is 4.04. The number of esters is 1. The number of hydrogen-bond acceptors (Lipinski definition) is 6. The van der Waals surface area contributed by atoms with Crippen LogP contribution in [0.1, 0.15) is 90.9 Å². The van der Waals surface area contributed by atoms with E-state index in [0.29, 0.717) is 51.4 Å². The molecule has 6 heteroatoms. The Hall–Kier alpha value is -1.53. The van der Waals surface area contributed by atoms with Crippen LogP contribution in [0.3, 0.4) is 0 Å². The molecule has 1 saturated heterocycles. The number of Topliss-reactive ketones (excluding diaryl/α,β-unsaturated/α-hetero) is 1. The summed E-state index contributed by atoms with van der Waals surface area (Å²) in [6, 6.07) is 0. The molecule has 1 rings (SSSR count). The number of ether oxygens (including phenoxy) is 3. The van der Waals surface area contributed by atoms with E-state index in [1.165, 1.54) is 0 Å². The summed E-state index contributed by atoms with van der Waals surface area (Å²) in [5.41, 5.74) is -0.422. The van der Waals surface area contributed by atoms with E-state index in [2.05, 4.69) is 6.92 Å². The number of cyclic esters (lactones) is 1. The summed E-state index contributed by atoms with van der Waals surface area (Å²) < 4.78 is 16.4. The number of allylic oxidation sites excluding steroid dienone is 1. The highest BCUT2D eigenvalue weighted by molar-refractivity contribution is 5.89. The van der Waals surface area contributed by atoms with Gasteiger partial charge in [-0.15, -0.1) is 0 Å². The average Bonchev–Trinajstić information content (AvgIpc) is 3.03. The largest absolute Gasteiger partial charge is 0.459 e. The molecule has 1 fully saturated rings. The van der Waals surface area contributed by atoms with Crippen molar-refractivity contribution in [3.8, 4) is 0 Å². The molecule has 0 aromatic rings. The van der Waals surface area contributed by atoms with Crippen molar-refractivity contribution in [1.82, 2.24) is 0 Å². The molecule has 0 spiro atoms. The Labute approximate surface area is 175 Å². The van der Waals surface area contributed by atoms with Gasteiger partial charge in [0.2, 0.25) is 0 Å². The second-order valence-corrected chi connectivity index (χ2v) is 8.17. The van der Waals surface area contributed by atoms with Crippen molar-refractivity contribution in [3.05, 3.63) is 12.2 Å². The van der Waals surface area contributed by atoms with Crippen molar-refractivity contribution in [2.45, 2.75) is 102 Å². The number of methoxy groups -OCH3 is 2. The zero-order chi connectivity index (χ0) is 21.8. The molecule has 166 valence electrons. The normalized spacial score (nSPS) is 19.7. The summed E-state index contributed by atoms with van der Waals surface area (Å²) >= 11 is 0. The Morgan fingerprint density at radius 1 is 1.14 bits per heavy atom. The third-order valence-electron chi connectivity index (χ3n) is 5.67. The Balaban J connectivity index is 2.38. The minimum atomic E-state index is -0.900. The maximum Gasteiger partial charge on any atom is 0.306 e. The first-order valence-corrected chi connectivity index (χ1v) is 10.8. The molecule has 1 heterocycles. The van der Waals surface area contributed by atoms with Crippen LogP contribution in [0.5, 0.6) is 0 Å². The number of unbranched alkanes of at least 4 members (excludes halogenated alkanes) is 2. The van der Waals surface area contributed by atoms with E-state index in [1.807, 2.05) is 6.92 Å². The third kappa shape index (κ3) is 9.68. The van der Waals surface area contributed by atoms with Gasteiger partial charge in [-0.3, -0.25) is 14.4 Å². The molecule has 1 aliphatic heterocycles. The van der Waals surface area contributed by atoms with Gasteiger partial charge in [-0.1, -0.05) is 25.8 Å². The molecule has 0 radical (unpaired) electrons. The Morgan fingerprint density at radius 3 is 2.45 bits per heavy atom. The summed E-state index contributed by atoms with van der Waals surface area (Å²) in [6.07, 6.45) is 11.2. The van der Waals surface area contributed by atoms with Gasteiger partial charge in [0.15, 0.2) is 11.6 Å². The molecule has 0 saturated carbocycles. The van der Waals surface area contributed by atoms with Crippen LogP contribution in [0.2, 0.25) is 0 Å². The third-order valence-corrected chi connectivity index (χ3v) is 5.67. The molecule has 6 nitrogen and oxygen atoms in total. The van der Waals surface area contributed by atoms with Crippen molar-refractivity contribution in [2.75, 3.05) is 14.2 Å². The van der Waals surface area contributed by atoms with Crippen molar-refractivity contribution in [2.24, 2.45) is 0 Å². The molecule has 0 aromatic heterocycles. The molecule has 29 heavy (non-hydrogen) atoms. The van der Waals surface area contributed by atoms with E-state index < -0.39 is 11.4 Å². The topological polar surface area (TPSA) is 78.9 Å². The van der Waals surface area contributed by atoms with Crippen LogP contribution < -0.4 is 0 Å². The van der Waals surface area contributed by atoms with E-state index in [-0.39, 0.29) is 17.5 Å². The number of hydrogen-bond donors (Lipinski definition) is 0. The fourth-order valence-corrected chi connectivity index (χ4v) is 3.59. The van der Waals surface area contributed by atoms with E-state index in [9.17, 15) is 14.4 Å². The monoisotopic (exact) mass is 410 g/mol. The van der Waals surface area contributed by atoms with Crippen LogP contribution in [-0.2, 0) is 28.6 Å². The van der Waals surface area contributed by atoms with Crippen LogP contribution in [-0.4, -0.2) is 43.1 Å². The van der Waals surface area contributed by atoms with Gasteiger partial charge >= 0.3 is 5.97 Å². The standard InChI is InChI=1S/C23H38O6/c1-5-6-7-10-19(24)12-9-16-23(27-3,28-4)18-13-20(25)11-8-15-22(2)17-14-21(26)29-22/h9,12H,5-8,10-11,13-18H2,1-4H3/b12-9+. The number of rotatable bonds is 16. The van der Waals surface area contributed by atoms with Crippen LogP contribution in [0, 0.1) is 0 Å². The Morgan fingerprint density at radius 2 is 1.86 bits per heavy atom. The molecule has 1 unspecified atom stereocenters. The van der Waals surface area contributed by atoms with Crippen molar-refractivity contribution in [1.29, 1.82) is 0 Å². The highest BCUT2D eigenvalue weighted by atomic mass is 16.7. The van der Waals surface area contributed by atoms with Gasteiger partial charge in [-0.2, -0.15) is 0 Å². The fourth-order valence-electron chi connectivity index (χ4n) is 3.59. The lowest BCUT2D eigenvalue weighted by Gasteiger charge is -2.29. The van der Waals surface area contributed by atoms with Crippen molar-refractivity contribution >= 4 is 17.5 Å². The van der Waals surface area contributed by atoms with Gasteiger partial charge in [-0.05, 0) is 38.7 Å². The summed E-state index contributed by atoms with van der Waals surface area (Å²) in [7, 11) is 3.11. The smallest absolute Gasteiger partial charge is 0.306 e. The molecule has 0 bridgehead atoms. The highest BCUT2D eigenvalue weighted by Gasteiger charge is 2.35. The van der Waals surface area contributed by atoms with Crippen molar-refractivity contribution in [3.63, 3.8) is 0 Å². The average molecular weight is 411 g/mol. The lowest BCUT2D eigenvalue weighted by atomic mass is 9.94. The van der Waals surface area contributed by atoms with Gasteiger partial charge in [0.1, 0.15) is 11.4 Å². The molecule has 1 aliphatic rings. The molecular weight excluding hydrogens is 372 g/mol. The summed E-state index contributed by atoms with van der Waals surface area (Å²) in [5, 5.41) is 0. The molecular formula is C23H38O6. The Bertz CT molecular complexity index is 564. The number of ketones is 2. The minimum Gasteiger partial charge on any atom is -0.459 e. The van der Waals surface area contributed by atoms with Crippen molar-refractivity contribution < 1.29 is 28.6 Å². The van der Waals surface area contributed by atoms with Gasteiger partial charge in [0, 0.05) is 52.7 Å². The maximum absolute atomic E-state index is 12.3. The summed E-state index contributed by atoms with van der Waals surface area (Å²) in [5.74, 6) is -0.809. The van der Waals surface area contributed by atoms with Gasteiger partial charge in [0.25, 0.3) is 0 Å². The Kier molecular flexibility index (Phi) is 11.4. The lowest BCUT2D eigenvalue weighted by molar-refractivity contribution is -0.208. The first-order valence-electron chi connectivity index (χ1n) is 10.8. The lowest BCUT2D eigenvalue weighted by Crippen LogP contribution is -2.34. The van der Waals surface area contributed by atoms with Crippen LogP contribution in [0.25, 0.3) is 0 Å². The fraction of sp³-hybridized carbons (Fsp3) is 0.783. The van der Waals surface area contributed by atoms with Crippen LogP contribution >= 0.6 is 0 Å². The molecule has 0 aliphatic carbocycles. The van der Waals surface area contributed by atoms with E-state index >= 15 is 0 Å². The zero-order valence-corrected chi connectivity index (χ0v) is 18.6. The molecule has 0 N–H and O–H groups in total. The quantitative estimate of drug-likeness (QED) is 0.159. The van der Waals surface area contributed by atoms with Gasteiger partial charge < -0.3 is 14.2 Å². The maximum atomic E-state index is 12.3. The predicted molar refractivity (Wildman–Crippen MR) is 111 cm³/mol. The molecule has 0 amide bonds. The zero-order valence-electron chi connectivity index (χ0n) is 18.6. The molecule has 1 atom stereocenters. The van der Waals surface area contributed by atoms with Gasteiger partial charge in [-0.25, -0.2) is 0 Å². The number of carbonyl (C=O) groups excluding carboxylic acids is 3. The SMILES string of the molecule is CCCCCC(=O)/C=C/CC(CCC(=O)CCCC1(C)CCC(=O)O1)(OC)OC. The first kappa shape index (κ1) is 25.5. The second kappa shape index (κ2) is 12.9. The van der Waals surface area contributed by atoms with E-state index in [0.717, 1.165) is 25.7 Å². The number of carbonyl (C=O) groups is 3. The first-order chi connectivity index (χ1) is 13.8.